The van der Waals surface area contributed by atoms with E-state index in [-0.39, 0.29) is 23.5 Å². The van der Waals surface area contributed by atoms with Gasteiger partial charge in [-0.3, -0.25) is 14.4 Å². The Morgan fingerprint density at radius 2 is 1.56 bits per heavy atom. The number of benzene rings is 2. The number of carbonyl (C=O) groups excluding carboxylic acids is 3. The van der Waals surface area contributed by atoms with Crippen molar-refractivity contribution in [2.45, 2.75) is 64.0 Å². The molecule has 1 saturated carbocycles. The predicted molar refractivity (Wildman–Crippen MR) is 172 cm³/mol. The lowest BCUT2D eigenvalue weighted by atomic mass is 9.77. The quantitative estimate of drug-likeness (QED) is 0.318. The zero-order valence-electron chi connectivity index (χ0n) is 24.9. The third-order valence-corrected chi connectivity index (χ3v) is 11.1. The number of ketones is 1. The lowest BCUT2D eigenvalue weighted by Crippen LogP contribution is -2.55. The highest BCUT2D eigenvalue weighted by molar-refractivity contribution is 7.10. The zero-order valence-corrected chi connectivity index (χ0v) is 26.5. The maximum atomic E-state index is 14.9. The maximum absolute atomic E-state index is 14.9. The van der Waals surface area contributed by atoms with Gasteiger partial charge in [-0.25, -0.2) is 0 Å². The summed E-state index contributed by atoms with van der Waals surface area (Å²) in [5.74, 6) is -1.33. The molecular weight excluding hydrogens is 578 g/mol. The van der Waals surface area contributed by atoms with Crippen molar-refractivity contribution in [1.29, 1.82) is 0 Å². The van der Waals surface area contributed by atoms with Gasteiger partial charge in [0.05, 0.1) is 12.0 Å². The Balaban J connectivity index is 1.59. The van der Waals surface area contributed by atoms with E-state index in [9.17, 15) is 14.4 Å². The van der Waals surface area contributed by atoms with Crippen LogP contribution in [-0.2, 0) is 9.59 Å². The van der Waals surface area contributed by atoms with Gasteiger partial charge in [0.25, 0.3) is 0 Å². The van der Waals surface area contributed by atoms with Gasteiger partial charge in [-0.15, -0.1) is 11.3 Å². The fraction of sp³-hybridized carbons (Fsp3) is 0.457. The molecule has 6 rings (SSSR count). The Bertz CT molecular complexity index is 1480. The summed E-state index contributed by atoms with van der Waals surface area (Å²) in [5.41, 5.74) is 3.44. The average Bonchev–Trinajstić information content (AvgIpc) is 3.62. The summed E-state index contributed by atoms with van der Waals surface area (Å²) in [6.07, 6.45) is 4.77. The van der Waals surface area contributed by atoms with Crippen LogP contribution >= 0.6 is 22.9 Å². The van der Waals surface area contributed by atoms with Gasteiger partial charge < -0.3 is 15.1 Å². The molecule has 1 aliphatic carbocycles. The molecule has 3 heterocycles. The van der Waals surface area contributed by atoms with Crippen molar-refractivity contribution in [2.75, 3.05) is 26.2 Å². The minimum atomic E-state index is -0.775. The first-order valence-electron chi connectivity index (χ1n) is 15.6. The van der Waals surface area contributed by atoms with Crippen LogP contribution in [0.2, 0.25) is 5.02 Å². The summed E-state index contributed by atoms with van der Waals surface area (Å²) in [6.45, 7) is 6.60. The monoisotopic (exact) mass is 617 g/mol. The Morgan fingerprint density at radius 1 is 0.860 bits per heavy atom. The van der Waals surface area contributed by atoms with Gasteiger partial charge in [0, 0.05) is 53.5 Å². The van der Waals surface area contributed by atoms with E-state index in [1.807, 2.05) is 70.6 Å². The van der Waals surface area contributed by atoms with Gasteiger partial charge in [0.2, 0.25) is 11.8 Å². The molecule has 3 aromatic rings. The van der Waals surface area contributed by atoms with E-state index in [4.69, 9.17) is 11.6 Å². The number of Topliss-reactive ketones (excluding diaryl/α,β-unsaturated/α-hetero) is 1. The Hall–Kier alpha value is -3.00. The number of halogens is 1. The number of piperazine rings is 1. The molecular formula is C35H40ClN3O3S. The SMILES string of the molecule is Cc1ccccc1C(=O)C1C(c2sccc2C)C(C(=O)N2CCNCC2)N(C(=O)C2CCCCC2)C1c1ccc(Cl)cc1. The third-order valence-electron chi connectivity index (χ3n) is 9.69. The highest BCUT2D eigenvalue weighted by Gasteiger charge is 2.59. The summed E-state index contributed by atoms with van der Waals surface area (Å²) in [5, 5.41) is 5.98. The lowest BCUT2D eigenvalue weighted by Gasteiger charge is -2.38. The predicted octanol–water partition coefficient (Wildman–Crippen LogP) is 6.57. The standard InChI is InChI=1S/C35H40ClN3O3S/c1-22-8-6-7-11-27(22)32(40)28-29(33-23(2)16-21-43-33)31(35(42)38-19-17-37-18-20-38)39(34(41)25-9-4-3-5-10-25)30(28)24-12-14-26(36)15-13-24/h6-8,11-16,21,25,28-31,37H,3-5,9-10,17-20H2,1-2H3. The molecule has 1 N–H and O–H groups in total. The second kappa shape index (κ2) is 12.9. The summed E-state index contributed by atoms with van der Waals surface area (Å²) in [7, 11) is 0. The van der Waals surface area contributed by atoms with Crippen LogP contribution in [0.25, 0.3) is 0 Å². The number of amides is 2. The number of nitrogens with zero attached hydrogens (tertiary/aromatic N) is 2. The number of carbonyl (C=O) groups is 3. The van der Waals surface area contributed by atoms with Crippen LogP contribution in [0.4, 0.5) is 0 Å². The first kappa shape index (κ1) is 30.0. The third kappa shape index (κ3) is 5.79. The molecule has 0 radical (unpaired) electrons. The molecule has 2 aliphatic heterocycles. The molecule has 0 spiro atoms. The molecule has 3 aliphatic rings. The molecule has 0 bridgehead atoms. The van der Waals surface area contributed by atoms with Crippen molar-refractivity contribution >= 4 is 40.5 Å². The summed E-state index contributed by atoms with van der Waals surface area (Å²) in [6, 6.07) is 15.9. The van der Waals surface area contributed by atoms with Crippen molar-refractivity contribution in [1.82, 2.24) is 15.1 Å². The first-order valence-corrected chi connectivity index (χ1v) is 16.8. The molecule has 8 heteroatoms. The van der Waals surface area contributed by atoms with Crippen molar-refractivity contribution in [3.05, 3.63) is 92.1 Å². The van der Waals surface area contributed by atoms with Gasteiger partial charge in [0.15, 0.2) is 5.78 Å². The number of rotatable bonds is 6. The number of likely N-dealkylation sites (tertiary alicyclic amines) is 1. The molecule has 6 nitrogen and oxygen atoms in total. The second-order valence-electron chi connectivity index (χ2n) is 12.3. The van der Waals surface area contributed by atoms with E-state index in [1.165, 1.54) is 0 Å². The largest absolute Gasteiger partial charge is 0.338 e. The van der Waals surface area contributed by atoms with E-state index in [1.54, 1.807) is 11.3 Å². The zero-order chi connectivity index (χ0) is 30.1. The van der Waals surface area contributed by atoms with Crippen LogP contribution in [0.1, 0.15) is 76.0 Å². The van der Waals surface area contributed by atoms with Gasteiger partial charge >= 0.3 is 0 Å². The first-order chi connectivity index (χ1) is 20.9. The fourth-order valence-corrected chi connectivity index (χ4v) is 8.72. The van der Waals surface area contributed by atoms with Crippen molar-refractivity contribution in [3.63, 3.8) is 0 Å². The maximum Gasteiger partial charge on any atom is 0.246 e. The number of hydrogen-bond donors (Lipinski definition) is 1. The van der Waals surface area contributed by atoms with E-state index >= 15 is 0 Å². The van der Waals surface area contributed by atoms with Gasteiger partial charge in [-0.05, 0) is 67.0 Å². The Morgan fingerprint density at radius 3 is 2.21 bits per heavy atom. The Kier molecular flexibility index (Phi) is 9.03. The smallest absolute Gasteiger partial charge is 0.246 e. The van der Waals surface area contributed by atoms with Crippen LogP contribution in [0.3, 0.4) is 0 Å². The molecule has 2 amide bonds. The minimum Gasteiger partial charge on any atom is -0.338 e. The molecule has 2 aromatic carbocycles. The van der Waals surface area contributed by atoms with Crippen LogP contribution in [0, 0.1) is 25.7 Å². The summed E-state index contributed by atoms with van der Waals surface area (Å²) >= 11 is 7.94. The van der Waals surface area contributed by atoms with Gasteiger partial charge in [-0.1, -0.05) is 67.3 Å². The van der Waals surface area contributed by atoms with Crippen LogP contribution in [0.5, 0.6) is 0 Å². The molecule has 4 unspecified atom stereocenters. The van der Waals surface area contributed by atoms with Gasteiger partial charge in [-0.2, -0.15) is 0 Å². The van der Waals surface area contributed by atoms with Crippen LogP contribution < -0.4 is 5.32 Å². The fourth-order valence-electron chi connectivity index (χ4n) is 7.49. The normalized spacial score (nSPS) is 24.7. The number of thiophene rings is 1. The number of hydrogen-bond acceptors (Lipinski definition) is 5. The average molecular weight is 618 g/mol. The summed E-state index contributed by atoms with van der Waals surface area (Å²) < 4.78 is 0. The minimum absolute atomic E-state index is 0.00688. The van der Waals surface area contributed by atoms with Crippen LogP contribution in [-0.4, -0.2) is 59.6 Å². The lowest BCUT2D eigenvalue weighted by molar-refractivity contribution is -0.149. The molecule has 3 fully saturated rings. The van der Waals surface area contributed by atoms with Crippen LogP contribution in [0.15, 0.2) is 60.0 Å². The number of nitrogens with one attached hydrogen (secondary N) is 1. The highest BCUT2D eigenvalue weighted by Crippen LogP contribution is 2.54. The Labute approximate surface area is 263 Å². The van der Waals surface area contributed by atoms with E-state index in [2.05, 4.69) is 18.3 Å². The highest BCUT2D eigenvalue weighted by atomic mass is 35.5. The molecule has 226 valence electrons. The summed E-state index contributed by atoms with van der Waals surface area (Å²) in [4.78, 5) is 49.3. The van der Waals surface area contributed by atoms with Gasteiger partial charge in [0.1, 0.15) is 6.04 Å². The molecule has 43 heavy (non-hydrogen) atoms. The van der Waals surface area contributed by atoms with E-state index < -0.39 is 23.9 Å². The number of aryl methyl sites for hydroxylation is 2. The molecule has 2 saturated heterocycles. The van der Waals surface area contributed by atoms with Crippen molar-refractivity contribution in [3.8, 4) is 0 Å². The molecule has 4 atom stereocenters. The van der Waals surface area contributed by atoms with E-state index in [0.29, 0.717) is 36.8 Å². The van der Waals surface area contributed by atoms with E-state index in [0.717, 1.165) is 53.7 Å². The molecule has 1 aromatic heterocycles. The van der Waals surface area contributed by atoms with Crippen molar-refractivity contribution in [2.24, 2.45) is 11.8 Å². The topological polar surface area (TPSA) is 69.7 Å². The second-order valence-corrected chi connectivity index (χ2v) is 13.7. The van der Waals surface area contributed by atoms with Crippen molar-refractivity contribution < 1.29 is 14.4 Å².